The zero-order chi connectivity index (χ0) is 19.7. The summed E-state index contributed by atoms with van der Waals surface area (Å²) in [5.41, 5.74) is 1.61. The molecule has 2 heterocycles. The molecule has 0 aliphatic carbocycles. The van der Waals surface area contributed by atoms with Crippen LogP contribution >= 0.6 is 0 Å². The second-order valence-electron chi connectivity index (χ2n) is 6.13. The number of para-hydroxylation sites is 1. The molecule has 2 aromatic heterocycles. The van der Waals surface area contributed by atoms with Crippen molar-refractivity contribution in [3.63, 3.8) is 0 Å². The number of hydrogen-bond donors (Lipinski definition) is 2. The molecule has 2 N–H and O–H groups in total. The van der Waals surface area contributed by atoms with E-state index in [1.807, 2.05) is 0 Å². The number of nitrogens with one attached hydrogen (secondary N) is 2. The first-order valence-electron chi connectivity index (χ1n) is 8.31. The lowest BCUT2D eigenvalue weighted by molar-refractivity contribution is 0.0312. The van der Waals surface area contributed by atoms with Crippen molar-refractivity contribution in [3.8, 4) is 0 Å². The summed E-state index contributed by atoms with van der Waals surface area (Å²) in [4.78, 5) is 46.4. The Morgan fingerprint density at radius 2 is 1.81 bits per heavy atom. The van der Waals surface area contributed by atoms with Gasteiger partial charge in [-0.05, 0) is 38.5 Å². The standard InChI is InChI=1S/C19H19N3O5/c1-9-14(18(24)26-4)10(2)20-15(9)19(25)27-11(3)16-21-13-8-6-5-7-12(13)17(23)22-16/h5-8,11,20H,1-4H3,(H,21,22,23)/t11-/m1/s1. The second kappa shape index (κ2) is 7.06. The van der Waals surface area contributed by atoms with Gasteiger partial charge >= 0.3 is 11.9 Å². The molecule has 0 saturated heterocycles. The summed E-state index contributed by atoms with van der Waals surface area (Å²) < 4.78 is 10.2. The maximum absolute atomic E-state index is 12.5. The third kappa shape index (κ3) is 3.33. The molecule has 0 amide bonds. The van der Waals surface area contributed by atoms with Crippen LogP contribution in [0.25, 0.3) is 10.9 Å². The summed E-state index contributed by atoms with van der Waals surface area (Å²) in [5.74, 6) is -0.955. The van der Waals surface area contributed by atoms with Crippen LogP contribution in [0.3, 0.4) is 0 Å². The Kier molecular flexibility index (Phi) is 4.81. The summed E-state index contributed by atoms with van der Waals surface area (Å²) in [6.07, 6.45) is -0.792. The lowest BCUT2D eigenvalue weighted by atomic mass is 10.1. The lowest BCUT2D eigenvalue weighted by Crippen LogP contribution is -2.18. The van der Waals surface area contributed by atoms with E-state index in [0.717, 1.165) is 0 Å². The van der Waals surface area contributed by atoms with Crippen LogP contribution in [-0.2, 0) is 9.47 Å². The van der Waals surface area contributed by atoms with E-state index in [2.05, 4.69) is 15.0 Å². The lowest BCUT2D eigenvalue weighted by Gasteiger charge is -2.13. The average Bonchev–Trinajstić information content (AvgIpc) is 2.95. The van der Waals surface area contributed by atoms with E-state index in [1.165, 1.54) is 7.11 Å². The molecule has 0 radical (unpaired) electrons. The highest BCUT2D eigenvalue weighted by atomic mass is 16.5. The van der Waals surface area contributed by atoms with E-state index < -0.39 is 18.0 Å². The number of fused-ring (bicyclic) bond motifs is 1. The van der Waals surface area contributed by atoms with Gasteiger partial charge in [-0.3, -0.25) is 4.79 Å². The van der Waals surface area contributed by atoms with E-state index in [9.17, 15) is 14.4 Å². The van der Waals surface area contributed by atoms with Crippen molar-refractivity contribution in [2.75, 3.05) is 7.11 Å². The first-order chi connectivity index (χ1) is 12.8. The van der Waals surface area contributed by atoms with Crippen molar-refractivity contribution in [1.29, 1.82) is 0 Å². The van der Waals surface area contributed by atoms with Crippen LogP contribution < -0.4 is 5.56 Å². The van der Waals surface area contributed by atoms with Crippen LogP contribution in [0.15, 0.2) is 29.1 Å². The second-order valence-corrected chi connectivity index (χ2v) is 6.13. The Bertz CT molecular complexity index is 1100. The monoisotopic (exact) mass is 369 g/mol. The van der Waals surface area contributed by atoms with Gasteiger partial charge in [-0.15, -0.1) is 0 Å². The smallest absolute Gasteiger partial charge is 0.355 e. The SMILES string of the molecule is COC(=O)c1c(C)[nH]c(C(=O)O[C@H](C)c2nc3ccccc3c(=O)[nH]2)c1C. The molecule has 0 bridgehead atoms. The van der Waals surface area contributed by atoms with Gasteiger partial charge in [-0.1, -0.05) is 12.1 Å². The largest absolute Gasteiger partial charge is 0.465 e. The predicted octanol–water partition coefficient (Wildman–Crippen LogP) is 2.57. The Labute approximate surface area is 154 Å². The fourth-order valence-corrected chi connectivity index (χ4v) is 2.93. The summed E-state index contributed by atoms with van der Waals surface area (Å²) in [5, 5.41) is 0.457. The molecule has 0 aliphatic rings. The van der Waals surface area contributed by atoms with Gasteiger partial charge in [-0.25, -0.2) is 14.6 Å². The number of carbonyl (C=O) groups is 2. The fraction of sp³-hybridized carbons (Fsp3) is 0.263. The van der Waals surface area contributed by atoms with Gasteiger partial charge in [0.15, 0.2) is 11.9 Å². The number of aromatic nitrogens is 3. The third-order valence-corrected chi connectivity index (χ3v) is 4.33. The number of aryl methyl sites for hydroxylation is 1. The maximum atomic E-state index is 12.5. The van der Waals surface area contributed by atoms with Crippen molar-refractivity contribution >= 4 is 22.8 Å². The van der Waals surface area contributed by atoms with E-state index in [0.29, 0.717) is 27.7 Å². The number of nitrogens with zero attached hydrogens (tertiary/aromatic N) is 1. The topological polar surface area (TPSA) is 114 Å². The molecular weight excluding hydrogens is 350 g/mol. The van der Waals surface area contributed by atoms with Gasteiger partial charge in [0, 0.05) is 5.69 Å². The molecule has 3 rings (SSSR count). The fourth-order valence-electron chi connectivity index (χ4n) is 2.93. The number of H-pyrrole nitrogens is 2. The Balaban J connectivity index is 1.89. The number of ether oxygens (including phenoxy) is 2. The molecule has 1 atom stereocenters. The molecule has 140 valence electrons. The van der Waals surface area contributed by atoms with Gasteiger partial charge in [-0.2, -0.15) is 0 Å². The molecule has 8 nitrogen and oxygen atoms in total. The van der Waals surface area contributed by atoms with Gasteiger partial charge in [0.25, 0.3) is 5.56 Å². The number of carbonyl (C=O) groups excluding carboxylic acids is 2. The number of rotatable bonds is 4. The Morgan fingerprint density at radius 3 is 2.52 bits per heavy atom. The van der Waals surface area contributed by atoms with Crippen LogP contribution in [0.1, 0.15) is 51.0 Å². The quantitative estimate of drug-likeness (QED) is 0.683. The van der Waals surface area contributed by atoms with Gasteiger partial charge in [0.05, 0.1) is 23.6 Å². The molecule has 0 unspecified atom stereocenters. The van der Waals surface area contributed by atoms with E-state index in [1.54, 1.807) is 45.0 Å². The van der Waals surface area contributed by atoms with Crippen molar-refractivity contribution in [2.45, 2.75) is 26.9 Å². The molecular formula is C19H19N3O5. The highest BCUT2D eigenvalue weighted by Gasteiger charge is 2.25. The number of hydrogen-bond acceptors (Lipinski definition) is 6. The number of benzene rings is 1. The minimum Gasteiger partial charge on any atom is -0.465 e. The predicted molar refractivity (Wildman–Crippen MR) is 97.8 cm³/mol. The number of aromatic amines is 2. The Morgan fingerprint density at radius 1 is 1.11 bits per heavy atom. The van der Waals surface area contributed by atoms with Crippen LogP contribution in [-0.4, -0.2) is 34.0 Å². The zero-order valence-electron chi connectivity index (χ0n) is 15.4. The molecule has 3 aromatic rings. The molecule has 0 spiro atoms. The zero-order valence-corrected chi connectivity index (χ0v) is 15.4. The molecule has 0 aliphatic heterocycles. The normalized spacial score (nSPS) is 12.0. The first kappa shape index (κ1) is 18.4. The van der Waals surface area contributed by atoms with Crippen molar-refractivity contribution in [1.82, 2.24) is 15.0 Å². The molecule has 0 fully saturated rings. The van der Waals surface area contributed by atoms with E-state index in [4.69, 9.17) is 9.47 Å². The summed E-state index contributed by atoms with van der Waals surface area (Å²) in [6.45, 7) is 4.91. The van der Waals surface area contributed by atoms with Gasteiger partial charge < -0.3 is 19.4 Å². The van der Waals surface area contributed by atoms with E-state index in [-0.39, 0.29) is 17.1 Å². The summed E-state index contributed by atoms with van der Waals surface area (Å²) >= 11 is 0. The van der Waals surface area contributed by atoms with Crippen molar-refractivity contribution in [2.24, 2.45) is 0 Å². The first-order valence-corrected chi connectivity index (χ1v) is 8.31. The molecule has 27 heavy (non-hydrogen) atoms. The highest BCUT2D eigenvalue weighted by Crippen LogP contribution is 2.22. The van der Waals surface area contributed by atoms with Crippen LogP contribution in [0.4, 0.5) is 0 Å². The van der Waals surface area contributed by atoms with Crippen LogP contribution in [0.2, 0.25) is 0 Å². The Hall–Kier alpha value is -3.42. The maximum Gasteiger partial charge on any atom is 0.355 e. The summed E-state index contributed by atoms with van der Waals surface area (Å²) in [6, 6.07) is 6.90. The van der Waals surface area contributed by atoms with E-state index >= 15 is 0 Å². The van der Waals surface area contributed by atoms with Crippen LogP contribution in [0.5, 0.6) is 0 Å². The number of esters is 2. The average molecular weight is 369 g/mol. The van der Waals surface area contributed by atoms with Crippen molar-refractivity contribution < 1.29 is 19.1 Å². The minimum absolute atomic E-state index is 0.155. The minimum atomic E-state index is -0.792. The van der Waals surface area contributed by atoms with Crippen molar-refractivity contribution in [3.05, 3.63) is 63.0 Å². The highest BCUT2D eigenvalue weighted by molar-refractivity contribution is 5.98. The molecule has 8 heteroatoms. The van der Waals surface area contributed by atoms with Gasteiger partial charge in [0.1, 0.15) is 5.69 Å². The molecule has 0 saturated carbocycles. The third-order valence-electron chi connectivity index (χ3n) is 4.33. The van der Waals surface area contributed by atoms with Crippen LogP contribution in [0, 0.1) is 13.8 Å². The molecule has 1 aromatic carbocycles. The summed E-state index contributed by atoms with van der Waals surface area (Å²) in [7, 11) is 1.27. The number of methoxy groups -OCH3 is 1. The van der Waals surface area contributed by atoms with Gasteiger partial charge in [0.2, 0.25) is 0 Å².